The Balaban J connectivity index is 3.56. The van der Waals surface area contributed by atoms with Crippen LogP contribution in [0.15, 0.2) is 15.3 Å². The van der Waals surface area contributed by atoms with Crippen molar-refractivity contribution in [2.45, 2.75) is 6.18 Å². The molecule has 0 amide bonds. The fraction of sp³-hybridized carbons (Fsp3) is 0.143. The van der Waals surface area contributed by atoms with E-state index < -0.39 is 29.0 Å². The largest absolute Gasteiger partial charge is 0.477 e. The van der Waals surface area contributed by atoms with Gasteiger partial charge in [-0.2, -0.15) is 13.2 Å². The molecule has 0 radical (unpaired) electrons. The van der Waals surface area contributed by atoms with Crippen molar-refractivity contribution < 1.29 is 23.1 Å². The van der Waals surface area contributed by atoms with Crippen LogP contribution in [0.4, 0.5) is 13.2 Å². The maximum atomic E-state index is 12.3. The summed E-state index contributed by atoms with van der Waals surface area (Å²) < 4.78 is 36.6. The van der Waals surface area contributed by atoms with Crippen LogP contribution in [0.25, 0.3) is 0 Å². The van der Waals surface area contributed by atoms with E-state index in [1.165, 1.54) is 0 Å². The van der Waals surface area contributed by atoms with Crippen molar-refractivity contribution in [2.75, 3.05) is 0 Å². The van der Waals surface area contributed by atoms with Crippen LogP contribution in [0.5, 0.6) is 0 Å². The van der Waals surface area contributed by atoms with E-state index in [-0.39, 0.29) is 4.47 Å². The van der Waals surface area contributed by atoms with Gasteiger partial charge in [0, 0.05) is 0 Å². The predicted octanol–water partition coefficient (Wildman–Crippen LogP) is 1.85. The van der Waals surface area contributed by atoms with E-state index in [1.807, 2.05) is 0 Å². The van der Waals surface area contributed by atoms with Crippen LogP contribution in [0, 0.1) is 0 Å². The van der Waals surface area contributed by atoms with Crippen LogP contribution in [-0.4, -0.2) is 16.1 Å². The van der Waals surface area contributed by atoms with E-state index >= 15 is 0 Å². The minimum absolute atomic E-state index is 0.375. The molecule has 0 unspecified atom stereocenters. The van der Waals surface area contributed by atoms with E-state index in [0.29, 0.717) is 6.07 Å². The molecule has 8 heteroatoms. The Labute approximate surface area is 88.9 Å². The van der Waals surface area contributed by atoms with Crippen molar-refractivity contribution >= 4 is 21.9 Å². The van der Waals surface area contributed by atoms with Crippen molar-refractivity contribution in [3.8, 4) is 0 Å². The molecule has 15 heavy (non-hydrogen) atoms. The number of halogens is 4. The highest BCUT2D eigenvalue weighted by atomic mass is 79.9. The number of carbonyl (C=O) groups is 1. The summed E-state index contributed by atoms with van der Waals surface area (Å²) in [5, 5.41) is 8.46. The predicted molar refractivity (Wildman–Crippen MR) is 46.7 cm³/mol. The maximum absolute atomic E-state index is 12.3. The van der Waals surface area contributed by atoms with E-state index in [1.54, 1.807) is 4.98 Å². The van der Waals surface area contributed by atoms with Crippen molar-refractivity contribution in [2.24, 2.45) is 0 Å². The fourth-order valence-corrected chi connectivity index (χ4v) is 1.23. The van der Waals surface area contributed by atoms with Crippen LogP contribution >= 0.6 is 15.9 Å². The second-order valence-corrected chi connectivity index (χ2v) is 3.39. The van der Waals surface area contributed by atoms with Crippen LogP contribution in [-0.2, 0) is 6.18 Å². The quantitative estimate of drug-likeness (QED) is 0.827. The lowest BCUT2D eigenvalue weighted by atomic mass is 10.2. The molecule has 0 saturated carbocycles. The maximum Gasteiger partial charge on any atom is 0.418 e. The minimum Gasteiger partial charge on any atom is -0.477 e. The van der Waals surface area contributed by atoms with Gasteiger partial charge in [-0.1, -0.05) is 0 Å². The number of rotatable bonds is 1. The summed E-state index contributed by atoms with van der Waals surface area (Å²) in [7, 11) is 0. The zero-order chi connectivity index (χ0) is 11.8. The highest BCUT2D eigenvalue weighted by molar-refractivity contribution is 9.10. The average molecular weight is 286 g/mol. The molecule has 1 rings (SSSR count). The number of aromatic amines is 1. The lowest BCUT2D eigenvalue weighted by Crippen LogP contribution is -2.21. The molecular weight excluding hydrogens is 283 g/mol. The van der Waals surface area contributed by atoms with E-state index in [2.05, 4.69) is 15.9 Å². The normalized spacial score (nSPS) is 11.5. The molecule has 0 atom stereocenters. The number of H-pyrrole nitrogens is 1. The Hall–Kier alpha value is -1.31. The Bertz CT molecular complexity index is 466. The third-order valence-electron chi connectivity index (χ3n) is 1.52. The summed E-state index contributed by atoms with van der Waals surface area (Å²) in [6.07, 6.45) is -4.83. The molecule has 0 aliphatic carbocycles. The van der Waals surface area contributed by atoms with Crippen LogP contribution < -0.4 is 5.56 Å². The summed E-state index contributed by atoms with van der Waals surface area (Å²) in [4.78, 5) is 23.0. The zero-order valence-electron chi connectivity index (χ0n) is 6.85. The lowest BCUT2D eigenvalue weighted by Gasteiger charge is -2.09. The lowest BCUT2D eigenvalue weighted by molar-refractivity contribution is -0.138. The van der Waals surface area contributed by atoms with Gasteiger partial charge in [-0.25, -0.2) is 4.79 Å². The van der Waals surface area contributed by atoms with Gasteiger partial charge < -0.3 is 10.1 Å². The number of alkyl halides is 3. The number of aromatic nitrogens is 1. The van der Waals surface area contributed by atoms with Gasteiger partial charge in [-0.05, 0) is 22.0 Å². The van der Waals surface area contributed by atoms with E-state index in [9.17, 15) is 22.8 Å². The molecule has 0 saturated heterocycles. The molecule has 0 bridgehead atoms. The van der Waals surface area contributed by atoms with Gasteiger partial charge >= 0.3 is 12.1 Å². The highest BCUT2D eigenvalue weighted by Gasteiger charge is 2.36. The second kappa shape index (κ2) is 3.69. The molecule has 0 aromatic carbocycles. The Morgan fingerprint density at radius 3 is 2.40 bits per heavy atom. The summed E-state index contributed by atoms with van der Waals surface area (Å²) in [5.41, 5.74) is -3.50. The SMILES string of the molecule is O=C(O)c1[nH]c(=O)c(Br)cc1C(F)(F)F. The summed E-state index contributed by atoms with van der Waals surface area (Å²) in [6.45, 7) is 0. The monoisotopic (exact) mass is 285 g/mol. The number of nitrogens with one attached hydrogen (secondary N) is 1. The number of carboxylic acid groups (broad SMARTS) is 1. The van der Waals surface area contributed by atoms with Crippen molar-refractivity contribution in [1.82, 2.24) is 4.98 Å². The topological polar surface area (TPSA) is 70.2 Å². The van der Waals surface area contributed by atoms with Crippen LogP contribution in [0.3, 0.4) is 0 Å². The summed E-state index contributed by atoms with van der Waals surface area (Å²) in [5.74, 6) is -1.84. The molecule has 82 valence electrons. The number of hydrogen-bond donors (Lipinski definition) is 2. The Morgan fingerprint density at radius 2 is 2.00 bits per heavy atom. The van der Waals surface area contributed by atoms with E-state index in [0.717, 1.165) is 0 Å². The van der Waals surface area contributed by atoms with Crippen molar-refractivity contribution in [3.63, 3.8) is 0 Å². The first-order chi connectivity index (χ1) is 6.73. The standard InChI is InChI=1S/C7H3BrF3NO3/c8-3-1-2(7(9,10)11)4(6(14)15)12-5(3)13/h1H,(H,12,13)(H,14,15). The number of pyridine rings is 1. The highest BCUT2D eigenvalue weighted by Crippen LogP contribution is 2.31. The molecule has 0 spiro atoms. The molecule has 1 aromatic heterocycles. The van der Waals surface area contributed by atoms with Crippen LogP contribution in [0.1, 0.15) is 16.1 Å². The fourth-order valence-electron chi connectivity index (χ4n) is 0.897. The molecule has 2 N–H and O–H groups in total. The van der Waals surface area contributed by atoms with Crippen molar-refractivity contribution in [3.05, 3.63) is 32.2 Å². The molecule has 4 nitrogen and oxygen atoms in total. The third kappa shape index (κ3) is 2.38. The summed E-state index contributed by atoms with van der Waals surface area (Å²) >= 11 is 2.59. The number of carboxylic acids is 1. The first-order valence-corrected chi connectivity index (χ1v) is 4.26. The Kier molecular flexibility index (Phi) is 2.89. The van der Waals surface area contributed by atoms with Gasteiger partial charge in [0.2, 0.25) is 0 Å². The molecule has 1 aromatic rings. The Morgan fingerprint density at radius 1 is 1.47 bits per heavy atom. The van der Waals surface area contributed by atoms with E-state index in [4.69, 9.17) is 5.11 Å². The molecule has 1 heterocycles. The first kappa shape index (κ1) is 11.8. The van der Waals surface area contributed by atoms with Gasteiger partial charge in [0.15, 0.2) is 0 Å². The molecular formula is C7H3BrF3NO3. The van der Waals surface area contributed by atoms with Gasteiger partial charge in [0.25, 0.3) is 5.56 Å². The van der Waals surface area contributed by atoms with Gasteiger partial charge in [-0.15, -0.1) is 0 Å². The number of hydrogen-bond acceptors (Lipinski definition) is 2. The van der Waals surface area contributed by atoms with Gasteiger partial charge in [0.1, 0.15) is 5.69 Å². The summed E-state index contributed by atoms with van der Waals surface area (Å²) in [6, 6.07) is 0.433. The number of aromatic carboxylic acids is 1. The molecule has 0 fully saturated rings. The molecule has 0 aliphatic rings. The minimum atomic E-state index is -4.83. The van der Waals surface area contributed by atoms with Gasteiger partial charge in [0.05, 0.1) is 10.0 Å². The molecule has 0 aliphatic heterocycles. The smallest absolute Gasteiger partial charge is 0.418 e. The zero-order valence-corrected chi connectivity index (χ0v) is 8.44. The van der Waals surface area contributed by atoms with Gasteiger partial charge in [-0.3, -0.25) is 4.79 Å². The average Bonchev–Trinajstić information content (AvgIpc) is 2.06. The van der Waals surface area contributed by atoms with Crippen LogP contribution in [0.2, 0.25) is 0 Å². The third-order valence-corrected chi connectivity index (χ3v) is 2.10. The first-order valence-electron chi connectivity index (χ1n) is 3.47. The van der Waals surface area contributed by atoms with Crippen molar-refractivity contribution in [1.29, 1.82) is 0 Å². The second-order valence-electron chi connectivity index (χ2n) is 2.54.